The lowest BCUT2D eigenvalue weighted by molar-refractivity contribution is 0.0896. The summed E-state index contributed by atoms with van der Waals surface area (Å²) < 4.78 is 21.7. The second kappa shape index (κ2) is 6.37. The van der Waals surface area contributed by atoms with Crippen LogP contribution in [0.25, 0.3) is 0 Å². The van der Waals surface area contributed by atoms with E-state index in [9.17, 15) is 4.39 Å². The molecule has 0 aliphatic rings. The van der Waals surface area contributed by atoms with Crippen LogP contribution >= 0.6 is 0 Å². The second-order valence-electron chi connectivity index (χ2n) is 2.34. The van der Waals surface area contributed by atoms with Crippen LogP contribution in [0.15, 0.2) is 24.5 Å². The molecule has 13 heavy (non-hydrogen) atoms. The van der Waals surface area contributed by atoms with Crippen molar-refractivity contribution in [2.24, 2.45) is 0 Å². The quantitative estimate of drug-likeness (QED) is 0.628. The molecule has 0 spiro atoms. The summed E-state index contributed by atoms with van der Waals surface area (Å²) in [5.41, 5.74) is 0. The van der Waals surface area contributed by atoms with E-state index in [-0.39, 0.29) is 6.61 Å². The number of hydrogen-bond acceptors (Lipinski definition) is 3. The zero-order valence-electron chi connectivity index (χ0n) is 7.28. The Kier molecular flexibility index (Phi) is 4.86. The Labute approximate surface area is 76.5 Å². The number of nitrogens with zero attached hydrogens (tertiary/aromatic N) is 1. The molecular weight excluding hydrogens is 173 g/mol. The van der Waals surface area contributed by atoms with Crippen molar-refractivity contribution in [3.8, 4) is 5.75 Å². The molecule has 3 nitrogen and oxygen atoms in total. The summed E-state index contributed by atoms with van der Waals surface area (Å²) in [5, 5.41) is 0. The first-order valence-corrected chi connectivity index (χ1v) is 4.10. The molecule has 0 fully saturated rings. The maximum atomic E-state index is 11.6. The van der Waals surface area contributed by atoms with Crippen LogP contribution in [0.4, 0.5) is 4.39 Å². The molecule has 0 radical (unpaired) electrons. The van der Waals surface area contributed by atoms with Gasteiger partial charge in [0.2, 0.25) is 0 Å². The molecule has 0 atom stereocenters. The molecule has 0 unspecified atom stereocenters. The van der Waals surface area contributed by atoms with E-state index in [2.05, 4.69) is 4.98 Å². The molecule has 1 aromatic rings. The zero-order valence-corrected chi connectivity index (χ0v) is 7.28. The van der Waals surface area contributed by atoms with E-state index < -0.39 is 6.67 Å². The minimum absolute atomic E-state index is 0.135. The van der Waals surface area contributed by atoms with Gasteiger partial charge >= 0.3 is 0 Å². The lowest BCUT2D eigenvalue weighted by atomic mass is 10.5. The summed E-state index contributed by atoms with van der Waals surface area (Å²) in [6, 6.07) is 3.60. The van der Waals surface area contributed by atoms with E-state index in [4.69, 9.17) is 9.47 Å². The first-order chi connectivity index (χ1) is 6.43. The Hall–Kier alpha value is -1.16. The molecule has 4 heteroatoms. The van der Waals surface area contributed by atoms with Crippen molar-refractivity contribution in [2.45, 2.75) is 0 Å². The van der Waals surface area contributed by atoms with E-state index in [1.54, 1.807) is 18.5 Å². The number of ether oxygens (including phenoxy) is 2. The van der Waals surface area contributed by atoms with Crippen molar-refractivity contribution in [1.29, 1.82) is 0 Å². The fourth-order valence-corrected chi connectivity index (χ4v) is 0.808. The normalized spacial score (nSPS) is 9.92. The van der Waals surface area contributed by atoms with Gasteiger partial charge < -0.3 is 9.47 Å². The molecule has 72 valence electrons. The number of halogens is 1. The predicted octanol–water partition coefficient (Wildman–Crippen LogP) is 1.45. The molecule has 0 N–H and O–H groups in total. The highest BCUT2D eigenvalue weighted by atomic mass is 19.1. The monoisotopic (exact) mass is 185 g/mol. The third kappa shape index (κ3) is 4.42. The molecule has 0 aliphatic heterocycles. The second-order valence-corrected chi connectivity index (χ2v) is 2.34. The lowest BCUT2D eigenvalue weighted by Gasteiger charge is -2.04. The number of hydrogen-bond donors (Lipinski definition) is 0. The number of rotatable bonds is 6. The Morgan fingerprint density at radius 3 is 2.92 bits per heavy atom. The smallest absolute Gasteiger partial charge is 0.137 e. The van der Waals surface area contributed by atoms with Crippen LogP contribution in [0.5, 0.6) is 5.75 Å². The average molecular weight is 185 g/mol. The van der Waals surface area contributed by atoms with Crippen molar-refractivity contribution in [3.05, 3.63) is 24.5 Å². The predicted molar refractivity (Wildman–Crippen MR) is 46.5 cm³/mol. The van der Waals surface area contributed by atoms with Gasteiger partial charge in [-0.25, -0.2) is 4.39 Å². The van der Waals surface area contributed by atoms with Gasteiger partial charge in [-0.3, -0.25) is 4.98 Å². The first kappa shape index (κ1) is 9.92. The van der Waals surface area contributed by atoms with Gasteiger partial charge in [0.05, 0.1) is 19.4 Å². The van der Waals surface area contributed by atoms with Gasteiger partial charge in [-0.2, -0.15) is 0 Å². The molecule has 0 bridgehead atoms. The maximum Gasteiger partial charge on any atom is 0.137 e. The third-order valence-electron chi connectivity index (χ3n) is 1.35. The molecular formula is C9H12FNO2. The van der Waals surface area contributed by atoms with E-state index in [1.165, 1.54) is 0 Å². The Bertz CT molecular complexity index is 218. The molecule has 1 rings (SSSR count). The SMILES string of the molecule is FCCOCCOc1cccnc1. The van der Waals surface area contributed by atoms with Crippen LogP contribution in [0.3, 0.4) is 0 Å². The van der Waals surface area contributed by atoms with E-state index in [1.807, 2.05) is 6.07 Å². The first-order valence-electron chi connectivity index (χ1n) is 4.10. The van der Waals surface area contributed by atoms with E-state index >= 15 is 0 Å². The van der Waals surface area contributed by atoms with Crippen LogP contribution < -0.4 is 4.74 Å². The zero-order chi connectivity index (χ0) is 9.36. The minimum Gasteiger partial charge on any atom is -0.490 e. The summed E-state index contributed by atoms with van der Waals surface area (Å²) in [6.45, 7) is 0.508. The van der Waals surface area contributed by atoms with Gasteiger partial charge in [0, 0.05) is 6.20 Å². The van der Waals surface area contributed by atoms with Gasteiger partial charge in [-0.05, 0) is 12.1 Å². The van der Waals surface area contributed by atoms with Crippen molar-refractivity contribution >= 4 is 0 Å². The van der Waals surface area contributed by atoms with Gasteiger partial charge in [0.1, 0.15) is 19.0 Å². The van der Waals surface area contributed by atoms with Gasteiger partial charge in [-0.1, -0.05) is 0 Å². The minimum atomic E-state index is -0.451. The highest BCUT2D eigenvalue weighted by molar-refractivity contribution is 5.15. The van der Waals surface area contributed by atoms with Crippen LogP contribution in [0, 0.1) is 0 Å². The number of pyridine rings is 1. The summed E-state index contributed by atoms with van der Waals surface area (Å²) in [5.74, 6) is 0.700. The summed E-state index contributed by atoms with van der Waals surface area (Å²) in [4.78, 5) is 3.87. The van der Waals surface area contributed by atoms with Crippen molar-refractivity contribution in [2.75, 3.05) is 26.5 Å². The lowest BCUT2D eigenvalue weighted by Crippen LogP contribution is -2.08. The molecule has 0 aromatic carbocycles. The van der Waals surface area contributed by atoms with Crippen molar-refractivity contribution in [1.82, 2.24) is 4.98 Å². The van der Waals surface area contributed by atoms with Crippen LogP contribution in [-0.4, -0.2) is 31.5 Å². The standard InChI is InChI=1S/C9H12FNO2/c10-3-5-12-6-7-13-9-2-1-4-11-8-9/h1-2,4,8H,3,5-7H2. The Balaban J connectivity index is 2.07. The highest BCUT2D eigenvalue weighted by Crippen LogP contribution is 2.05. The molecule has 1 heterocycles. The molecule has 0 saturated carbocycles. The van der Waals surface area contributed by atoms with Crippen molar-refractivity contribution < 1.29 is 13.9 Å². The summed E-state index contributed by atoms with van der Waals surface area (Å²) in [6.07, 6.45) is 3.29. The maximum absolute atomic E-state index is 11.6. The largest absolute Gasteiger partial charge is 0.490 e. The Morgan fingerprint density at radius 1 is 1.31 bits per heavy atom. The molecule has 1 aromatic heterocycles. The van der Waals surface area contributed by atoms with E-state index in [0.717, 1.165) is 0 Å². The van der Waals surface area contributed by atoms with Crippen LogP contribution in [0.1, 0.15) is 0 Å². The fraction of sp³-hybridized carbons (Fsp3) is 0.444. The van der Waals surface area contributed by atoms with Crippen molar-refractivity contribution in [3.63, 3.8) is 0 Å². The fourth-order valence-electron chi connectivity index (χ4n) is 0.808. The summed E-state index contributed by atoms with van der Waals surface area (Å²) in [7, 11) is 0. The van der Waals surface area contributed by atoms with Crippen LogP contribution in [-0.2, 0) is 4.74 Å². The van der Waals surface area contributed by atoms with Crippen LogP contribution in [0.2, 0.25) is 0 Å². The number of alkyl halides is 1. The summed E-state index contributed by atoms with van der Waals surface area (Å²) >= 11 is 0. The van der Waals surface area contributed by atoms with Gasteiger partial charge in [0.25, 0.3) is 0 Å². The average Bonchev–Trinajstić information content (AvgIpc) is 2.19. The van der Waals surface area contributed by atoms with E-state index in [0.29, 0.717) is 19.0 Å². The molecule has 0 aliphatic carbocycles. The molecule has 0 amide bonds. The van der Waals surface area contributed by atoms with Gasteiger partial charge in [0.15, 0.2) is 0 Å². The highest BCUT2D eigenvalue weighted by Gasteiger charge is 1.91. The molecule has 0 saturated heterocycles. The topological polar surface area (TPSA) is 31.4 Å². The third-order valence-corrected chi connectivity index (χ3v) is 1.35. The number of aromatic nitrogens is 1. The van der Waals surface area contributed by atoms with Gasteiger partial charge in [-0.15, -0.1) is 0 Å². The Morgan fingerprint density at radius 2 is 2.23 bits per heavy atom.